The molecule has 7 nitrogen and oxygen atoms in total. The molecule has 0 aliphatic rings. The molecular weight excluding hydrogens is 330 g/mol. The Balaban J connectivity index is 1.94. The molecular formula is C16H19N3O4S. The van der Waals surface area contributed by atoms with Crippen LogP contribution in [0.25, 0.3) is 0 Å². The van der Waals surface area contributed by atoms with Crippen molar-refractivity contribution < 1.29 is 19.1 Å². The number of aromatic nitrogens is 2. The number of thioether (sulfide) groups is 1. The first-order chi connectivity index (χ1) is 11.3. The molecule has 0 unspecified atom stereocenters. The van der Waals surface area contributed by atoms with Crippen molar-refractivity contribution in [3.63, 3.8) is 0 Å². The molecule has 0 spiro atoms. The van der Waals surface area contributed by atoms with Crippen molar-refractivity contribution in [2.45, 2.75) is 32.5 Å². The number of furan rings is 1. The van der Waals surface area contributed by atoms with E-state index in [0.29, 0.717) is 16.7 Å². The summed E-state index contributed by atoms with van der Waals surface area (Å²) in [6, 6.07) is 3.32. The Hall–Kier alpha value is -2.35. The molecule has 128 valence electrons. The first-order valence-electron chi connectivity index (χ1n) is 7.28. The Bertz CT molecular complexity index is 752. The van der Waals surface area contributed by atoms with Gasteiger partial charge in [0.2, 0.25) is 5.91 Å². The summed E-state index contributed by atoms with van der Waals surface area (Å²) in [6.07, 6.45) is 0. The van der Waals surface area contributed by atoms with Gasteiger partial charge >= 0.3 is 5.97 Å². The Kier molecular flexibility index (Phi) is 5.61. The molecule has 0 saturated carbocycles. The fourth-order valence-electron chi connectivity index (χ4n) is 2.15. The monoisotopic (exact) mass is 349 g/mol. The van der Waals surface area contributed by atoms with Crippen molar-refractivity contribution in [3.8, 4) is 0 Å². The third-order valence-electron chi connectivity index (χ3n) is 3.30. The number of aryl methyl sites for hydroxylation is 3. The summed E-state index contributed by atoms with van der Waals surface area (Å²) in [5.74, 6) is -0.192. The highest BCUT2D eigenvalue weighted by molar-refractivity contribution is 7.99. The molecule has 0 bridgehead atoms. The van der Waals surface area contributed by atoms with Crippen LogP contribution in [0.15, 0.2) is 21.7 Å². The van der Waals surface area contributed by atoms with Crippen LogP contribution in [0.3, 0.4) is 0 Å². The number of carbonyl (C=O) groups excluding carboxylic acids is 1. The third-order valence-corrected chi connectivity index (χ3v) is 4.14. The van der Waals surface area contributed by atoms with E-state index in [0.717, 1.165) is 11.4 Å². The van der Waals surface area contributed by atoms with Gasteiger partial charge in [0.1, 0.15) is 17.1 Å². The largest absolute Gasteiger partial charge is 0.478 e. The highest BCUT2D eigenvalue weighted by Gasteiger charge is 2.17. The molecule has 1 amide bonds. The van der Waals surface area contributed by atoms with Crippen LogP contribution in [-0.4, -0.2) is 44.7 Å². The molecule has 0 fully saturated rings. The summed E-state index contributed by atoms with van der Waals surface area (Å²) in [6.45, 7) is 5.56. The van der Waals surface area contributed by atoms with Crippen molar-refractivity contribution in [3.05, 3.63) is 40.6 Å². The van der Waals surface area contributed by atoms with E-state index >= 15 is 0 Å². The molecule has 24 heavy (non-hydrogen) atoms. The Morgan fingerprint density at radius 2 is 1.83 bits per heavy atom. The van der Waals surface area contributed by atoms with Crippen molar-refractivity contribution >= 4 is 23.6 Å². The third kappa shape index (κ3) is 4.58. The van der Waals surface area contributed by atoms with Gasteiger partial charge in [0.25, 0.3) is 0 Å². The number of hydrogen-bond acceptors (Lipinski definition) is 6. The van der Waals surface area contributed by atoms with Crippen molar-refractivity contribution in [2.24, 2.45) is 0 Å². The maximum absolute atomic E-state index is 12.2. The lowest BCUT2D eigenvalue weighted by molar-refractivity contribution is -0.127. The van der Waals surface area contributed by atoms with Gasteiger partial charge in [0.15, 0.2) is 5.16 Å². The van der Waals surface area contributed by atoms with E-state index in [4.69, 9.17) is 9.52 Å². The standard InChI is InChI=1S/C16H19N3O4S/c1-9-5-10(2)18-16(17-9)24-8-14(20)19(4)7-12-6-13(15(21)22)11(3)23-12/h5-6H,7-8H2,1-4H3,(H,21,22). The highest BCUT2D eigenvalue weighted by atomic mass is 32.2. The van der Waals surface area contributed by atoms with Crippen molar-refractivity contribution in [1.29, 1.82) is 0 Å². The van der Waals surface area contributed by atoms with Gasteiger partial charge in [-0.2, -0.15) is 0 Å². The molecule has 0 aliphatic carbocycles. The summed E-state index contributed by atoms with van der Waals surface area (Å²) >= 11 is 1.27. The van der Waals surface area contributed by atoms with Gasteiger partial charge in [-0.1, -0.05) is 11.8 Å². The fourth-order valence-corrected chi connectivity index (χ4v) is 3.04. The minimum Gasteiger partial charge on any atom is -0.478 e. The van der Waals surface area contributed by atoms with Gasteiger partial charge in [-0.3, -0.25) is 4.79 Å². The number of carbonyl (C=O) groups is 2. The lowest BCUT2D eigenvalue weighted by Gasteiger charge is -2.15. The van der Waals surface area contributed by atoms with E-state index < -0.39 is 5.97 Å². The smallest absolute Gasteiger partial charge is 0.339 e. The average molecular weight is 349 g/mol. The zero-order chi connectivity index (χ0) is 17.9. The number of amides is 1. The molecule has 8 heteroatoms. The minimum absolute atomic E-state index is 0.115. The summed E-state index contributed by atoms with van der Waals surface area (Å²) in [5.41, 5.74) is 1.83. The SMILES string of the molecule is Cc1cc(C)nc(SCC(=O)N(C)Cc2cc(C(=O)O)c(C)o2)n1. The van der Waals surface area contributed by atoms with Crippen molar-refractivity contribution in [1.82, 2.24) is 14.9 Å². The van der Waals surface area contributed by atoms with Crippen LogP contribution >= 0.6 is 11.8 Å². The second-order valence-corrected chi connectivity index (χ2v) is 6.40. The summed E-state index contributed by atoms with van der Waals surface area (Å²) in [4.78, 5) is 33.3. The Morgan fingerprint density at radius 3 is 2.38 bits per heavy atom. The topological polar surface area (TPSA) is 96.5 Å². The van der Waals surface area contributed by atoms with Crippen molar-refractivity contribution in [2.75, 3.05) is 12.8 Å². The highest BCUT2D eigenvalue weighted by Crippen LogP contribution is 2.18. The molecule has 1 N–H and O–H groups in total. The second kappa shape index (κ2) is 7.48. The maximum Gasteiger partial charge on any atom is 0.339 e. The summed E-state index contributed by atoms with van der Waals surface area (Å²) in [7, 11) is 1.64. The quantitative estimate of drug-likeness (QED) is 0.632. The van der Waals surface area contributed by atoms with Gasteiger partial charge in [0, 0.05) is 18.4 Å². The van der Waals surface area contributed by atoms with Gasteiger partial charge in [0.05, 0.1) is 12.3 Å². The molecule has 0 saturated heterocycles. The van der Waals surface area contributed by atoms with Gasteiger partial charge in [-0.05, 0) is 32.9 Å². The van der Waals surface area contributed by atoms with Crippen LogP contribution in [-0.2, 0) is 11.3 Å². The van der Waals surface area contributed by atoms with Gasteiger partial charge < -0.3 is 14.4 Å². The van der Waals surface area contributed by atoms with Crippen LogP contribution < -0.4 is 0 Å². The summed E-state index contributed by atoms with van der Waals surface area (Å²) in [5, 5.41) is 9.59. The Morgan fingerprint density at radius 1 is 1.21 bits per heavy atom. The Labute approximate surface area is 144 Å². The van der Waals surface area contributed by atoms with E-state index in [9.17, 15) is 9.59 Å². The molecule has 0 aliphatic heterocycles. The maximum atomic E-state index is 12.2. The summed E-state index contributed by atoms with van der Waals surface area (Å²) < 4.78 is 5.38. The van der Waals surface area contributed by atoms with Crippen LogP contribution in [0.4, 0.5) is 0 Å². The molecule has 2 aromatic rings. The van der Waals surface area contributed by atoms with E-state index in [1.807, 2.05) is 19.9 Å². The van der Waals surface area contributed by atoms with E-state index in [2.05, 4.69) is 9.97 Å². The normalized spacial score (nSPS) is 10.7. The van der Waals surface area contributed by atoms with Crippen LogP contribution in [0.1, 0.15) is 33.3 Å². The number of nitrogens with zero attached hydrogens (tertiary/aromatic N) is 3. The molecule has 0 aromatic carbocycles. The van der Waals surface area contributed by atoms with Gasteiger partial charge in [-0.25, -0.2) is 14.8 Å². The van der Waals surface area contributed by atoms with E-state index in [1.54, 1.807) is 14.0 Å². The van der Waals surface area contributed by atoms with Crippen LogP contribution in [0.5, 0.6) is 0 Å². The molecule has 2 aromatic heterocycles. The number of carboxylic acid groups (broad SMARTS) is 1. The number of rotatable bonds is 6. The predicted octanol–water partition coefficient (Wildman–Crippen LogP) is 2.44. The molecule has 0 radical (unpaired) electrons. The lowest BCUT2D eigenvalue weighted by atomic mass is 10.2. The zero-order valence-corrected chi connectivity index (χ0v) is 14.8. The molecule has 2 rings (SSSR count). The minimum atomic E-state index is -1.04. The first-order valence-corrected chi connectivity index (χ1v) is 8.26. The fraction of sp³-hybridized carbons (Fsp3) is 0.375. The number of aromatic carboxylic acids is 1. The van der Waals surface area contributed by atoms with Crippen LogP contribution in [0.2, 0.25) is 0 Å². The molecule has 2 heterocycles. The van der Waals surface area contributed by atoms with E-state index in [1.165, 1.54) is 22.7 Å². The molecule has 0 atom stereocenters. The average Bonchev–Trinajstić information content (AvgIpc) is 2.84. The zero-order valence-electron chi connectivity index (χ0n) is 14.0. The van der Waals surface area contributed by atoms with Gasteiger partial charge in [-0.15, -0.1) is 0 Å². The second-order valence-electron chi connectivity index (χ2n) is 5.46. The number of carboxylic acids is 1. The number of hydrogen-bond donors (Lipinski definition) is 1. The predicted molar refractivity (Wildman–Crippen MR) is 89.1 cm³/mol. The van der Waals surface area contributed by atoms with Crippen LogP contribution in [0, 0.1) is 20.8 Å². The first kappa shape index (κ1) is 18.0. The lowest BCUT2D eigenvalue weighted by Crippen LogP contribution is -2.27. The van der Waals surface area contributed by atoms with E-state index in [-0.39, 0.29) is 23.8 Å².